The van der Waals surface area contributed by atoms with Gasteiger partial charge in [0.15, 0.2) is 4.90 Å². The first-order valence-corrected chi connectivity index (χ1v) is 7.49. The molecule has 0 radical (unpaired) electrons. The number of nitro benzene ring substituents is 1. The molecule has 1 aromatic carbocycles. The number of nitrogens with two attached hydrogens (primary N) is 1. The first-order chi connectivity index (χ1) is 9.02. The van der Waals surface area contributed by atoms with Gasteiger partial charge in [-0.05, 0) is 38.8 Å². The van der Waals surface area contributed by atoms with Crippen LogP contribution in [0.2, 0.25) is 0 Å². The van der Waals surface area contributed by atoms with Crippen LogP contribution in [0.3, 0.4) is 0 Å². The molecule has 0 aromatic heterocycles. The third-order valence-corrected chi connectivity index (χ3v) is 4.92. The van der Waals surface area contributed by atoms with Crippen LogP contribution in [0, 0.1) is 24.0 Å². The van der Waals surface area contributed by atoms with Gasteiger partial charge in [0.25, 0.3) is 5.69 Å². The summed E-state index contributed by atoms with van der Waals surface area (Å²) in [4.78, 5) is 10.1. The summed E-state index contributed by atoms with van der Waals surface area (Å²) >= 11 is 0. The van der Waals surface area contributed by atoms with Gasteiger partial charge in [-0.25, -0.2) is 13.1 Å². The highest BCUT2D eigenvalue weighted by Gasteiger charge is 2.32. The van der Waals surface area contributed by atoms with Gasteiger partial charge in [-0.3, -0.25) is 10.1 Å². The second-order valence-electron chi connectivity index (χ2n) is 5.31. The molecule has 21 heavy (non-hydrogen) atoms. The fraction of sp³-hybridized carbons (Fsp3) is 0.500. The normalized spacial score (nSPS) is 11.9. The number of nitrogens with one attached hydrogen (secondary N) is 1. The van der Waals surface area contributed by atoms with Crippen LogP contribution in [0.4, 0.5) is 5.69 Å². The fourth-order valence-corrected chi connectivity index (χ4v) is 3.61. The van der Waals surface area contributed by atoms with Crippen molar-refractivity contribution in [1.82, 2.24) is 4.72 Å². The van der Waals surface area contributed by atoms with E-state index in [1.54, 1.807) is 27.7 Å². The highest BCUT2D eigenvalue weighted by Crippen LogP contribution is 2.29. The smallest absolute Gasteiger partial charge is 0.289 e. The zero-order chi connectivity index (χ0) is 15.7. The lowest BCUT2D eigenvalue weighted by atomic mass is 10.1. The molecule has 0 fully saturated rings. The van der Waals surface area contributed by atoms with Gasteiger partial charge in [-0.1, -0.05) is 6.07 Å². The van der Waals surface area contributed by atoms with Gasteiger partial charge in [0, 0.05) is 18.2 Å². The Labute approximate surface area is 130 Å². The standard InChI is InChI=1S/C12H19N3O4S.ClH/c1-8-5-6-10(15(16)17)11(9(8)2)20(18,19)14-12(3,4)7-13;/h5-6,14H,7,13H2,1-4H3;1H. The lowest BCUT2D eigenvalue weighted by Gasteiger charge is -2.24. The van der Waals surface area contributed by atoms with Gasteiger partial charge in [0.2, 0.25) is 10.0 Å². The van der Waals surface area contributed by atoms with Crippen molar-refractivity contribution < 1.29 is 13.3 Å². The van der Waals surface area contributed by atoms with E-state index in [0.29, 0.717) is 11.1 Å². The Kier molecular flexibility index (Phi) is 6.31. The number of aryl methyl sites for hydroxylation is 1. The second kappa shape index (κ2) is 6.69. The predicted molar refractivity (Wildman–Crippen MR) is 83.3 cm³/mol. The summed E-state index contributed by atoms with van der Waals surface area (Å²) in [5, 5.41) is 11.1. The Hall–Kier alpha value is -1.22. The van der Waals surface area contributed by atoms with E-state index in [4.69, 9.17) is 5.73 Å². The molecule has 0 aliphatic rings. The number of hydrogen-bond acceptors (Lipinski definition) is 5. The first-order valence-electron chi connectivity index (χ1n) is 6.00. The molecule has 0 atom stereocenters. The van der Waals surface area contributed by atoms with Crippen LogP contribution in [0.5, 0.6) is 0 Å². The summed E-state index contributed by atoms with van der Waals surface area (Å²) in [6.45, 7) is 6.55. The molecule has 0 bridgehead atoms. The van der Waals surface area contributed by atoms with Crippen LogP contribution in [0.25, 0.3) is 0 Å². The minimum absolute atomic E-state index is 0. The van der Waals surface area contributed by atoms with E-state index >= 15 is 0 Å². The van der Waals surface area contributed by atoms with Crippen molar-refractivity contribution in [2.75, 3.05) is 6.54 Å². The molecule has 120 valence electrons. The van der Waals surface area contributed by atoms with Gasteiger partial charge in [-0.15, -0.1) is 12.4 Å². The first kappa shape index (κ1) is 19.8. The van der Waals surface area contributed by atoms with Crippen LogP contribution in [-0.4, -0.2) is 25.4 Å². The topological polar surface area (TPSA) is 115 Å². The Morgan fingerprint density at radius 2 is 1.86 bits per heavy atom. The third kappa shape index (κ3) is 4.37. The number of nitrogens with zero attached hydrogens (tertiary/aromatic N) is 1. The van der Waals surface area contributed by atoms with Crippen LogP contribution < -0.4 is 10.5 Å². The molecule has 0 saturated carbocycles. The van der Waals surface area contributed by atoms with E-state index < -0.39 is 26.2 Å². The summed E-state index contributed by atoms with van der Waals surface area (Å²) in [6, 6.07) is 2.73. The monoisotopic (exact) mass is 337 g/mol. The molecular formula is C12H20ClN3O4S. The molecule has 1 aromatic rings. The maximum absolute atomic E-state index is 12.4. The van der Waals surface area contributed by atoms with Crippen molar-refractivity contribution in [3.63, 3.8) is 0 Å². The molecule has 0 heterocycles. The Bertz CT molecular complexity index is 644. The van der Waals surface area contributed by atoms with Crippen LogP contribution >= 0.6 is 12.4 Å². The van der Waals surface area contributed by atoms with E-state index in [1.807, 2.05) is 0 Å². The SMILES string of the molecule is Cc1ccc([N+](=O)[O-])c(S(=O)(=O)NC(C)(C)CN)c1C.Cl. The Balaban J connectivity index is 0.00000400. The maximum Gasteiger partial charge on any atom is 0.289 e. The molecule has 0 aliphatic carbocycles. The van der Waals surface area contributed by atoms with Crippen molar-refractivity contribution in [2.24, 2.45) is 5.73 Å². The highest BCUT2D eigenvalue weighted by molar-refractivity contribution is 7.89. The number of halogens is 1. The number of rotatable bonds is 5. The van der Waals surface area contributed by atoms with Gasteiger partial charge in [0.05, 0.1) is 4.92 Å². The summed E-state index contributed by atoms with van der Waals surface area (Å²) < 4.78 is 27.3. The molecule has 7 nitrogen and oxygen atoms in total. The van der Waals surface area contributed by atoms with Crippen LogP contribution in [0.15, 0.2) is 17.0 Å². The van der Waals surface area contributed by atoms with Crippen molar-refractivity contribution in [1.29, 1.82) is 0 Å². The van der Waals surface area contributed by atoms with E-state index in [2.05, 4.69) is 4.72 Å². The fourth-order valence-electron chi connectivity index (χ4n) is 1.72. The van der Waals surface area contributed by atoms with Crippen molar-refractivity contribution in [2.45, 2.75) is 38.1 Å². The average molecular weight is 338 g/mol. The molecule has 3 N–H and O–H groups in total. The van der Waals surface area contributed by atoms with Gasteiger partial charge < -0.3 is 5.73 Å². The van der Waals surface area contributed by atoms with Crippen LogP contribution in [-0.2, 0) is 10.0 Å². The summed E-state index contributed by atoms with van der Waals surface area (Å²) in [5.74, 6) is 0. The Morgan fingerprint density at radius 3 is 2.29 bits per heavy atom. The van der Waals surface area contributed by atoms with Gasteiger partial charge in [-0.2, -0.15) is 0 Å². The Morgan fingerprint density at radius 1 is 1.33 bits per heavy atom. The molecule has 0 unspecified atom stereocenters. The molecule has 0 amide bonds. The molecule has 0 aliphatic heterocycles. The third-order valence-electron chi connectivity index (χ3n) is 3.04. The molecule has 0 spiro atoms. The van der Waals surface area contributed by atoms with E-state index in [0.717, 1.165) is 0 Å². The molecule has 0 saturated heterocycles. The second-order valence-corrected chi connectivity index (χ2v) is 6.93. The van der Waals surface area contributed by atoms with Crippen molar-refractivity contribution in [3.05, 3.63) is 33.4 Å². The lowest BCUT2D eigenvalue weighted by Crippen LogP contribution is -2.48. The lowest BCUT2D eigenvalue weighted by molar-refractivity contribution is -0.387. The average Bonchev–Trinajstić information content (AvgIpc) is 2.30. The van der Waals surface area contributed by atoms with E-state index in [-0.39, 0.29) is 23.8 Å². The van der Waals surface area contributed by atoms with Crippen molar-refractivity contribution >= 4 is 28.1 Å². The predicted octanol–water partition coefficient (Wildman–Crippen LogP) is 1.65. The highest BCUT2D eigenvalue weighted by atomic mass is 35.5. The molecule has 9 heteroatoms. The molecule has 1 rings (SSSR count). The maximum atomic E-state index is 12.4. The summed E-state index contributed by atoms with van der Waals surface area (Å²) in [7, 11) is -4.03. The zero-order valence-corrected chi connectivity index (χ0v) is 14.0. The largest absolute Gasteiger partial charge is 0.329 e. The number of sulfonamides is 1. The van der Waals surface area contributed by atoms with Crippen LogP contribution in [0.1, 0.15) is 25.0 Å². The number of hydrogen-bond donors (Lipinski definition) is 2. The zero-order valence-electron chi connectivity index (χ0n) is 12.3. The summed E-state index contributed by atoms with van der Waals surface area (Å²) in [6.07, 6.45) is 0. The quantitative estimate of drug-likeness (QED) is 0.626. The van der Waals surface area contributed by atoms with Crippen molar-refractivity contribution in [3.8, 4) is 0 Å². The molecular weight excluding hydrogens is 318 g/mol. The minimum Gasteiger partial charge on any atom is -0.329 e. The van der Waals surface area contributed by atoms with Gasteiger partial charge in [0.1, 0.15) is 0 Å². The number of nitro groups is 1. The number of benzene rings is 1. The van der Waals surface area contributed by atoms with Gasteiger partial charge >= 0.3 is 0 Å². The minimum atomic E-state index is -4.03. The van der Waals surface area contributed by atoms with E-state index in [9.17, 15) is 18.5 Å². The van der Waals surface area contributed by atoms with E-state index in [1.165, 1.54) is 12.1 Å². The summed E-state index contributed by atoms with van der Waals surface area (Å²) in [5.41, 5.74) is 5.20.